The van der Waals surface area contributed by atoms with Gasteiger partial charge in [0.15, 0.2) is 17.1 Å². The largest absolute Gasteiger partial charge is 0.450 e. The molecule has 0 unspecified atom stereocenters. The fourth-order valence-electron chi connectivity index (χ4n) is 7.85. The number of rotatable bonds is 4. The van der Waals surface area contributed by atoms with E-state index in [-0.39, 0.29) is 31.3 Å². The van der Waals surface area contributed by atoms with Crippen LogP contribution in [0.3, 0.4) is 0 Å². The number of fused-ring (bicyclic) bond motifs is 5. The number of aliphatic hydroxyl groups excluding tert-OH is 2. The Morgan fingerprint density at radius 1 is 1.27 bits per heavy atom. The average molecular weight is 467 g/mol. The first kappa shape index (κ1) is 24.2. The van der Waals surface area contributed by atoms with Crippen molar-refractivity contribution in [2.75, 3.05) is 6.61 Å². The van der Waals surface area contributed by atoms with Gasteiger partial charge in [-0.25, -0.2) is 8.78 Å². The Hall–Kier alpha value is -1.93. The summed E-state index contributed by atoms with van der Waals surface area (Å²) in [6.45, 7) is 5.76. The molecule has 0 aromatic heterocycles. The topological polar surface area (TPSA) is 101 Å². The number of carbonyl (C=O) groups is 3. The van der Waals surface area contributed by atoms with Gasteiger partial charge in [0.25, 0.3) is 0 Å². The number of alkyl halides is 1. The molecule has 33 heavy (non-hydrogen) atoms. The molecule has 4 aliphatic rings. The van der Waals surface area contributed by atoms with Crippen LogP contribution in [0.2, 0.25) is 0 Å². The molecule has 0 heterocycles. The Bertz CT molecular complexity index is 974. The van der Waals surface area contributed by atoms with Crippen molar-refractivity contribution in [1.82, 2.24) is 0 Å². The van der Waals surface area contributed by atoms with Crippen molar-refractivity contribution in [3.8, 4) is 0 Å². The number of esters is 1. The second-order valence-corrected chi connectivity index (χ2v) is 10.6. The fraction of sp³-hybridized carbons (Fsp3) is 0.720. The zero-order valence-electron chi connectivity index (χ0n) is 19.5. The van der Waals surface area contributed by atoms with Crippen LogP contribution in [0, 0.1) is 28.6 Å². The van der Waals surface area contributed by atoms with Crippen molar-refractivity contribution in [2.24, 2.45) is 28.6 Å². The van der Waals surface area contributed by atoms with Gasteiger partial charge in [-0.05, 0) is 50.2 Å². The van der Waals surface area contributed by atoms with Crippen LogP contribution in [0.5, 0.6) is 0 Å². The second-order valence-electron chi connectivity index (χ2n) is 10.6. The first-order chi connectivity index (χ1) is 15.3. The Balaban J connectivity index is 1.87. The molecule has 0 aromatic carbocycles. The Morgan fingerprint density at radius 3 is 2.55 bits per heavy atom. The van der Waals surface area contributed by atoms with Crippen LogP contribution in [0.15, 0.2) is 23.6 Å². The van der Waals surface area contributed by atoms with Gasteiger partial charge in [0.2, 0.25) is 11.6 Å². The molecule has 2 N–H and O–H groups in total. The normalized spacial score (nSPS) is 46.5. The van der Waals surface area contributed by atoms with E-state index in [0.717, 1.165) is 6.08 Å². The van der Waals surface area contributed by atoms with Gasteiger partial charge in [-0.15, -0.1) is 0 Å². The SMILES string of the molecule is CCC(=O)O[C@@]1(C(=O)CO)[C@H](C)C[C@H]2[C@@H]3CCC4=C(F)C(=O)C=C[C@]4(C)[C@@]3(F)[C@@H](O)C[C@@]21C. The number of hydrogen-bond donors (Lipinski definition) is 2. The highest BCUT2D eigenvalue weighted by atomic mass is 19.1. The fourth-order valence-corrected chi connectivity index (χ4v) is 7.85. The van der Waals surface area contributed by atoms with E-state index >= 15 is 4.39 Å². The first-order valence-electron chi connectivity index (χ1n) is 11.7. The van der Waals surface area contributed by atoms with Gasteiger partial charge in [0.05, 0.1) is 6.10 Å². The molecule has 8 heteroatoms. The minimum Gasteiger partial charge on any atom is -0.450 e. The van der Waals surface area contributed by atoms with Crippen molar-refractivity contribution in [3.05, 3.63) is 23.6 Å². The summed E-state index contributed by atoms with van der Waals surface area (Å²) in [6, 6.07) is 0. The molecule has 0 saturated heterocycles. The maximum Gasteiger partial charge on any atom is 0.306 e. The van der Waals surface area contributed by atoms with Gasteiger partial charge in [-0.1, -0.05) is 26.8 Å². The summed E-state index contributed by atoms with van der Waals surface area (Å²) in [6.07, 6.45) is 1.30. The Kier molecular flexibility index (Phi) is 5.53. The van der Waals surface area contributed by atoms with E-state index in [1.54, 1.807) is 20.8 Å². The van der Waals surface area contributed by atoms with Crippen molar-refractivity contribution in [1.29, 1.82) is 0 Å². The van der Waals surface area contributed by atoms with Crippen molar-refractivity contribution < 1.29 is 38.1 Å². The van der Waals surface area contributed by atoms with Crippen molar-refractivity contribution in [3.63, 3.8) is 0 Å². The highest BCUT2D eigenvalue weighted by Crippen LogP contribution is 2.71. The Morgan fingerprint density at radius 2 is 1.94 bits per heavy atom. The van der Waals surface area contributed by atoms with Gasteiger partial charge in [-0.2, -0.15) is 0 Å². The highest BCUT2D eigenvalue weighted by molar-refractivity contribution is 6.04. The number of aliphatic hydroxyl groups is 2. The van der Waals surface area contributed by atoms with Gasteiger partial charge in [-0.3, -0.25) is 14.4 Å². The lowest BCUT2D eigenvalue weighted by atomic mass is 9.44. The average Bonchev–Trinajstić information content (AvgIpc) is 2.99. The summed E-state index contributed by atoms with van der Waals surface area (Å²) in [5, 5.41) is 21.1. The molecule has 182 valence electrons. The predicted octanol–water partition coefficient (Wildman–Crippen LogP) is 3.15. The number of ether oxygens (including phenoxy) is 1. The van der Waals surface area contributed by atoms with Gasteiger partial charge in [0, 0.05) is 29.1 Å². The summed E-state index contributed by atoms with van der Waals surface area (Å²) >= 11 is 0. The second kappa shape index (κ2) is 7.54. The third-order valence-corrected chi connectivity index (χ3v) is 9.39. The van der Waals surface area contributed by atoms with E-state index in [9.17, 15) is 29.0 Å². The molecule has 0 spiro atoms. The maximum absolute atomic E-state index is 17.2. The van der Waals surface area contributed by atoms with Crippen LogP contribution in [-0.4, -0.2) is 51.7 Å². The molecule has 0 aromatic rings. The number of Topliss-reactive ketones (excluding diaryl/α,β-unsaturated/α-hetero) is 1. The number of allylic oxidation sites excluding steroid dienone is 4. The molecular weight excluding hydrogens is 434 g/mol. The van der Waals surface area contributed by atoms with Crippen LogP contribution in [0.4, 0.5) is 8.78 Å². The summed E-state index contributed by atoms with van der Waals surface area (Å²) in [4.78, 5) is 37.5. The monoisotopic (exact) mass is 466 g/mol. The van der Waals surface area contributed by atoms with Crippen LogP contribution >= 0.6 is 0 Å². The maximum atomic E-state index is 17.2. The lowest BCUT2D eigenvalue weighted by Crippen LogP contribution is -2.70. The highest BCUT2D eigenvalue weighted by Gasteiger charge is 2.77. The van der Waals surface area contributed by atoms with E-state index in [0.29, 0.717) is 6.42 Å². The summed E-state index contributed by atoms with van der Waals surface area (Å²) in [5.74, 6) is -4.76. The number of halogens is 2. The van der Waals surface area contributed by atoms with E-state index in [4.69, 9.17) is 4.74 Å². The van der Waals surface area contributed by atoms with Crippen molar-refractivity contribution in [2.45, 2.75) is 77.2 Å². The third-order valence-electron chi connectivity index (χ3n) is 9.39. The van der Waals surface area contributed by atoms with Gasteiger partial charge < -0.3 is 14.9 Å². The number of carbonyl (C=O) groups excluding carboxylic acids is 3. The smallest absolute Gasteiger partial charge is 0.306 e. The van der Waals surface area contributed by atoms with E-state index in [2.05, 4.69) is 0 Å². The van der Waals surface area contributed by atoms with Crippen LogP contribution in [0.1, 0.15) is 59.8 Å². The number of hydrogen-bond acceptors (Lipinski definition) is 6. The van der Waals surface area contributed by atoms with Crippen molar-refractivity contribution >= 4 is 17.5 Å². The molecule has 8 atom stereocenters. The standard InChI is InChI=1S/C25H32F2O6/c1-5-20(32)33-25(19(31)12-28)13(2)10-16-14-6-7-15-21(26)17(29)8-9-22(15,3)24(14,27)18(30)11-23(16,25)4/h8-9,13-14,16,18,28,30H,5-7,10-12H2,1-4H3/t13-,14+,16+,18+,22+,23+,24+,25-/m1/s1. The molecule has 4 aliphatic carbocycles. The summed E-state index contributed by atoms with van der Waals surface area (Å²) in [5.41, 5.74) is -6.53. The molecule has 3 saturated carbocycles. The molecule has 0 radical (unpaired) electrons. The zero-order chi connectivity index (χ0) is 24.6. The van der Waals surface area contributed by atoms with Crippen LogP contribution in [-0.2, 0) is 19.1 Å². The summed E-state index contributed by atoms with van der Waals surface area (Å²) < 4.78 is 37.8. The lowest BCUT2D eigenvalue weighted by molar-refractivity contribution is -0.228. The van der Waals surface area contributed by atoms with E-state index < -0.39 is 75.9 Å². The third kappa shape index (κ3) is 2.74. The molecule has 0 aliphatic heterocycles. The van der Waals surface area contributed by atoms with Gasteiger partial charge >= 0.3 is 5.97 Å². The minimum atomic E-state index is -2.27. The van der Waals surface area contributed by atoms with Crippen LogP contribution in [0.25, 0.3) is 0 Å². The molecule has 0 amide bonds. The quantitative estimate of drug-likeness (QED) is 0.618. The molecule has 3 fully saturated rings. The predicted molar refractivity (Wildman–Crippen MR) is 114 cm³/mol. The molecule has 6 nitrogen and oxygen atoms in total. The molecule has 0 bridgehead atoms. The minimum absolute atomic E-state index is 0.0251. The molecule has 4 rings (SSSR count). The lowest BCUT2D eigenvalue weighted by Gasteiger charge is -2.62. The molecular formula is C25H32F2O6. The van der Waals surface area contributed by atoms with E-state index in [1.807, 2.05) is 0 Å². The number of ketones is 2. The Labute approximate surface area is 192 Å². The van der Waals surface area contributed by atoms with Crippen LogP contribution < -0.4 is 0 Å². The zero-order valence-corrected chi connectivity index (χ0v) is 19.5. The summed E-state index contributed by atoms with van der Waals surface area (Å²) in [7, 11) is 0. The first-order valence-corrected chi connectivity index (χ1v) is 11.7. The van der Waals surface area contributed by atoms with Gasteiger partial charge in [0.1, 0.15) is 6.61 Å². The van der Waals surface area contributed by atoms with E-state index in [1.165, 1.54) is 13.0 Å².